The number of carbonyl (C=O) groups excluding carboxylic acids is 2. The lowest BCUT2D eigenvalue weighted by Crippen LogP contribution is -2.47. The molecule has 0 bridgehead atoms. The number of aromatic nitrogens is 2. The summed E-state index contributed by atoms with van der Waals surface area (Å²) in [6, 6.07) is 1.32. The van der Waals surface area contributed by atoms with Crippen LogP contribution in [0.4, 0.5) is 11.6 Å². The molecule has 1 saturated heterocycles. The molecule has 1 atom stereocenters. The summed E-state index contributed by atoms with van der Waals surface area (Å²) in [5, 5.41) is 9.11. The number of piperidine rings is 1. The van der Waals surface area contributed by atoms with Crippen molar-refractivity contribution in [2.24, 2.45) is 0 Å². The van der Waals surface area contributed by atoms with Gasteiger partial charge in [0.05, 0.1) is 0 Å². The van der Waals surface area contributed by atoms with Crippen LogP contribution in [-0.2, 0) is 9.59 Å². The zero-order valence-corrected chi connectivity index (χ0v) is 12.2. The summed E-state index contributed by atoms with van der Waals surface area (Å²) >= 11 is 1.43. The lowest BCUT2D eigenvalue weighted by molar-refractivity contribution is -0.133. The molecule has 1 aliphatic heterocycles. The summed E-state index contributed by atoms with van der Waals surface area (Å²) in [5.41, 5.74) is 0. The Kier molecular flexibility index (Phi) is 4.78. The van der Waals surface area contributed by atoms with Crippen molar-refractivity contribution in [3.05, 3.63) is 6.07 Å². The number of thioether (sulfide) groups is 1. The first-order valence-corrected chi connectivity index (χ1v) is 7.62. The van der Waals surface area contributed by atoms with Gasteiger partial charge in [0, 0.05) is 19.0 Å². The van der Waals surface area contributed by atoms with E-state index >= 15 is 0 Å². The molecule has 108 valence electrons. The van der Waals surface area contributed by atoms with Crippen molar-refractivity contribution in [3.63, 3.8) is 0 Å². The number of nitrogens with zero attached hydrogens (tertiary/aromatic N) is 2. The maximum atomic E-state index is 11.7. The Morgan fingerprint density at radius 2 is 2.15 bits per heavy atom. The standard InChI is InChI=1S/C12H17N5O2S/c1-3-13-8-6-9(16-12(15-8)20-2)14-7-4-5-10(18)17-11(7)19/h6-7H,3-5H2,1-2H3,(H,17,18,19)(H2,13,14,15,16). The number of nitrogens with one attached hydrogen (secondary N) is 3. The molecule has 1 aromatic rings. The third-order valence-electron chi connectivity index (χ3n) is 2.81. The number of anilines is 2. The second-order valence-corrected chi connectivity index (χ2v) is 5.08. The Morgan fingerprint density at radius 3 is 2.80 bits per heavy atom. The molecule has 0 aromatic carbocycles. The molecule has 20 heavy (non-hydrogen) atoms. The fourth-order valence-corrected chi connectivity index (χ4v) is 2.25. The Bertz CT molecular complexity index is 523. The van der Waals surface area contributed by atoms with Gasteiger partial charge in [-0.3, -0.25) is 14.9 Å². The molecular formula is C12H17N5O2S. The van der Waals surface area contributed by atoms with Gasteiger partial charge in [-0.1, -0.05) is 11.8 Å². The van der Waals surface area contributed by atoms with Gasteiger partial charge in [0.2, 0.25) is 11.8 Å². The molecule has 0 aliphatic carbocycles. The van der Waals surface area contributed by atoms with Crippen molar-refractivity contribution >= 4 is 35.2 Å². The highest BCUT2D eigenvalue weighted by molar-refractivity contribution is 7.98. The summed E-state index contributed by atoms with van der Waals surface area (Å²) < 4.78 is 0. The molecule has 1 fully saturated rings. The van der Waals surface area contributed by atoms with E-state index in [-0.39, 0.29) is 11.8 Å². The minimum Gasteiger partial charge on any atom is -0.370 e. The van der Waals surface area contributed by atoms with Crippen molar-refractivity contribution < 1.29 is 9.59 Å². The molecule has 1 unspecified atom stereocenters. The first kappa shape index (κ1) is 14.6. The van der Waals surface area contributed by atoms with Crippen molar-refractivity contribution in [1.82, 2.24) is 15.3 Å². The minimum absolute atomic E-state index is 0.228. The summed E-state index contributed by atoms with van der Waals surface area (Å²) in [7, 11) is 0. The largest absolute Gasteiger partial charge is 0.370 e. The minimum atomic E-state index is -0.438. The number of amides is 2. The smallest absolute Gasteiger partial charge is 0.249 e. The molecule has 0 saturated carbocycles. The van der Waals surface area contributed by atoms with Crippen LogP contribution in [0.15, 0.2) is 11.2 Å². The average molecular weight is 295 g/mol. The van der Waals surface area contributed by atoms with Crippen molar-refractivity contribution in [3.8, 4) is 0 Å². The van der Waals surface area contributed by atoms with E-state index in [2.05, 4.69) is 25.9 Å². The molecule has 7 nitrogen and oxygen atoms in total. The highest BCUT2D eigenvalue weighted by Crippen LogP contribution is 2.19. The number of imide groups is 1. The number of carbonyl (C=O) groups is 2. The third kappa shape index (κ3) is 3.60. The van der Waals surface area contributed by atoms with Crippen LogP contribution >= 0.6 is 11.8 Å². The van der Waals surface area contributed by atoms with Gasteiger partial charge in [0.25, 0.3) is 0 Å². The number of hydrogen-bond acceptors (Lipinski definition) is 7. The monoisotopic (exact) mass is 295 g/mol. The van der Waals surface area contributed by atoms with Crippen LogP contribution in [0.2, 0.25) is 0 Å². The Balaban J connectivity index is 2.13. The lowest BCUT2D eigenvalue weighted by Gasteiger charge is -2.22. The van der Waals surface area contributed by atoms with Crippen LogP contribution in [0.25, 0.3) is 0 Å². The maximum absolute atomic E-state index is 11.7. The highest BCUT2D eigenvalue weighted by atomic mass is 32.2. The van der Waals surface area contributed by atoms with Gasteiger partial charge in [-0.05, 0) is 19.6 Å². The molecule has 0 spiro atoms. The Hall–Kier alpha value is -1.83. The molecular weight excluding hydrogens is 278 g/mol. The van der Waals surface area contributed by atoms with Crippen LogP contribution in [-0.4, -0.2) is 40.6 Å². The number of hydrogen-bond donors (Lipinski definition) is 3. The van der Waals surface area contributed by atoms with Crippen LogP contribution < -0.4 is 16.0 Å². The van der Waals surface area contributed by atoms with Crippen LogP contribution in [0.3, 0.4) is 0 Å². The summed E-state index contributed by atoms with van der Waals surface area (Å²) in [6.45, 7) is 2.73. The van der Waals surface area contributed by atoms with E-state index in [4.69, 9.17) is 0 Å². The van der Waals surface area contributed by atoms with E-state index < -0.39 is 6.04 Å². The summed E-state index contributed by atoms with van der Waals surface area (Å²) in [4.78, 5) is 31.5. The first-order valence-electron chi connectivity index (χ1n) is 6.39. The van der Waals surface area contributed by atoms with Gasteiger partial charge in [-0.25, -0.2) is 9.97 Å². The predicted molar refractivity (Wildman–Crippen MR) is 77.8 cm³/mol. The van der Waals surface area contributed by atoms with Crippen molar-refractivity contribution in [1.29, 1.82) is 0 Å². The van der Waals surface area contributed by atoms with E-state index in [1.165, 1.54) is 11.8 Å². The van der Waals surface area contributed by atoms with E-state index in [9.17, 15) is 9.59 Å². The molecule has 8 heteroatoms. The van der Waals surface area contributed by atoms with Gasteiger partial charge in [0.1, 0.15) is 17.7 Å². The second kappa shape index (κ2) is 6.56. The van der Waals surface area contributed by atoms with E-state index in [0.29, 0.717) is 29.6 Å². The predicted octanol–water partition coefficient (Wildman–Crippen LogP) is 0.847. The molecule has 1 aromatic heterocycles. The molecule has 2 heterocycles. The van der Waals surface area contributed by atoms with Crippen LogP contribution in [0.1, 0.15) is 19.8 Å². The normalized spacial score (nSPS) is 18.6. The molecule has 2 amide bonds. The zero-order chi connectivity index (χ0) is 14.5. The summed E-state index contributed by atoms with van der Waals surface area (Å²) in [5.74, 6) is 0.751. The van der Waals surface area contributed by atoms with E-state index in [1.54, 1.807) is 6.07 Å². The first-order chi connectivity index (χ1) is 9.62. The fraction of sp³-hybridized carbons (Fsp3) is 0.500. The Labute approximate surface area is 121 Å². The molecule has 3 N–H and O–H groups in total. The van der Waals surface area contributed by atoms with Crippen LogP contribution in [0.5, 0.6) is 0 Å². The summed E-state index contributed by atoms with van der Waals surface area (Å²) in [6.07, 6.45) is 2.70. The zero-order valence-electron chi connectivity index (χ0n) is 11.4. The average Bonchev–Trinajstić information content (AvgIpc) is 2.42. The van der Waals surface area contributed by atoms with Gasteiger partial charge in [-0.15, -0.1) is 0 Å². The maximum Gasteiger partial charge on any atom is 0.249 e. The van der Waals surface area contributed by atoms with E-state index in [0.717, 1.165) is 6.54 Å². The van der Waals surface area contributed by atoms with Gasteiger partial charge in [-0.2, -0.15) is 0 Å². The van der Waals surface area contributed by atoms with Crippen molar-refractivity contribution in [2.45, 2.75) is 31.0 Å². The topological polar surface area (TPSA) is 96.0 Å². The Morgan fingerprint density at radius 1 is 1.40 bits per heavy atom. The molecule has 2 rings (SSSR count). The lowest BCUT2D eigenvalue weighted by atomic mass is 10.1. The quantitative estimate of drug-likeness (QED) is 0.421. The molecule has 0 radical (unpaired) electrons. The van der Waals surface area contributed by atoms with Gasteiger partial charge >= 0.3 is 0 Å². The SMILES string of the molecule is CCNc1cc(NC2CCC(=O)NC2=O)nc(SC)n1. The van der Waals surface area contributed by atoms with Gasteiger partial charge < -0.3 is 10.6 Å². The third-order valence-corrected chi connectivity index (χ3v) is 3.36. The second-order valence-electron chi connectivity index (χ2n) is 4.30. The van der Waals surface area contributed by atoms with Crippen molar-refractivity contribution in [2.75, 3.05) is 23.4 Å². The fourth-order valence-electron chi connectivity index (χ4n) is 1.87. The van der Waals surface area contributed by atoms with E-state index in [1.807, 2.05) is 13.2 Å². The van der Waals surface area contributed by atoms with Gasteiger partial charge in [0.15, 0.2) is 5.16 Å². The molecule has 1 aliphatic rings. The highest BCUT2D eigenvalue weighted by Gasteiger charge is 2.26. The van der Waals surface area contributed by atoms with Crippen LogP contribution in [0, 0.1) is 0 Å². The number of rotatable bonds is 5.